The lowest BCUT2D eigenvalue weighted by Crippen LogP contribution is -2.50. The Hall–Kier alpha value is -1.76. The summed E-state index contributed by atoms with van der Waals surface area (Å²) in [6, 6.07) is 8.79. The van der Waals surface area contributed by atoms with Crippen LogP contribution in [0.1, 0.15) is 31.2 Å². The van der Waals surface area contributed by atoms with Crippen molar-refractivity contribution >= 4 is 28.0 Å². The standard InChI is InChI=1S/C19H27BrN4O2/c1-21-17(23-14-7-11-24(12-8-14)18(25)26-2)22-13-19(9-10-19)15-5-3-4-6-16(15)20/h3-6,14H,7-13H2,1-2H3,(H2,21,22,23). The van der Waals surface area contributed by atoms with Crippen LogP contribution in [0.2, 0.25) is 0 Å². The molecular weight excluding hydrogens is 396 g/mol. The van der Waals surface area contributed by atoms with Gasteiger partial charge >= 0.3 is 6.09 Å². The molecule has 0 atom stereocenters. The molecule has 1 aromatic rings. The van der Waals surface area contributed by atoms with E-state index in [-0.39, 0.29) is 11.5 Å². The van der Waals surface area contributed by atoms with E-state index in [1.54, 1.807) is 11.9 Å². The van der Waals surface area contributed by atoms with Crippen LogP contribution in [0.25, 0.3) is 0 Å². The number of nitrogens with one attached hydrogen (secondary N) is 2. The van der Waals surface area contributed by atoms with E-state index in [1.165, 1.54) is 30.0 Å². The number of halogens is 1. The van der Waals surface area contributed by atoms with E-state index in [0.29, 0.717) is 19.1 Å². The minimum Gasteiger partial charge on any atom is -0.453 e. The van der Waals surface area contributed by atoms with Gasteiger partial charge in [0.05, 0.1) is 7.11 Å². The Balaban J connectivity index is 1.50. The molecule has 2 aliphatic rings. The normalized spacial score (nSPS) is 19.8. The van der Waals surface area contributed by atoms with Crippen LogP contribution in [-0.2, 0) is 10.2 Å². The second-order valence-corrected chi connectivity index (χ2v) is 7.92. The fraction of sp³-hybridized carbons (Fsp3) is 0.579. The zero-order valence-electron chi connectivity index (χ0n) is 15.4. The van der Waals surface area contributed by atoms with Crippen molar-refractivity contribution in [2.24, 2.45) is 4.99 Å². The summed E-state index contributed by atoms with van der Waals surface area (Å²) in [4.78, 5) is 17.7. The highest BCUT2D eigenvalue weighted by Crippen LogP contribution is 2.49. The molecular formula is C19H27BrN4O2. The van der Waals surface area contributed by atoms with E-state index in [0.717, 1.165) is 25.3 Å². The molecule has 2 N–H and O–H groups in total. The zero-order chi connectivity index (χ0) is 18.6. The van der Waals surface area contributed by atoms with Crippen LogP contribution in [0.5, 0.6) is 0 Å². The number of piperidine rings is 1. The molecule has 3 rings (SSSR count). The number of ether oxygens (including phenoxy) is 1. The van der Waals surface area contributed by atoms with E-state index in [1.807, 2.05) is 0 Å². The number of likely N-dealkylation sites (tertiary alicyclic amines) is 1. The van der Waals surface area contributed by atoms with Crippen LogP contribution >= 0.6 is 15.9 Å². The fourth-order valence-corrected chi connectivity index (χ4v) is 4.27. The van der Waals surface area contributed by atoms with Gasteiger partial charge in [0, 0.05) is 42.6 Å². The lowest BCUT2D eigenvalue weighted by Gasteiger charge is -2.32. The fourth-order valence-electron chi connectivity index (χ4n) is 3.56. The molecule has 0 unspecified atom stereocenters. The van der Waals surface area contributed by atoms with Crippen molar-refractivity contribution in [3.05, 3.63) is 34.3 Å². The van der Waals surface area contributed by atoms with Crippen LogP contribution < -0.4 is 10.6 Å². The number of amides is 1. The second kappa shape index (κ2) is 8.29. The Labute approximate surface area is 163 Å². The molecule has 1 aliphatic heterocycles. The number of methoxy groups -OCH3 is 1. The van der Waals surface area contributed by atoms with Gasteiger partial charge in [-0.15, -0.1) is 0 Å². The maximum Gasteiger partial charge on any atom is 0.409 e. The van der Waals surface area contributed by atoms with Gasteiger partial charge in [-0.3, -0.25) is 4.99 Å². The lowest BCUT2D eigenvalue weighted by atomic mass is 9.96. The van der Waals surface area contributed by atoms with Crippen molar-refractivity contribution in [1.82, 2.24) is 15.5 Å². The molecule has 0 spiro atoms. The monoisotopic (exact) mass is 422 g/mol. The first-order valence-corrected chi connectivity index (χ1v) is 9.92. The summed E-state index contributed by atoms with van der Waals surface area (Å²) in [5.41, 5.74) is 1.57. The van der Waals surface area contributed by atoms with Crippen LogP contribution in [-0.4, -0.2) is 56.8 Å². The Bertz CT molecular complexity index is 667. The van der Waals surface area contributed by atoms with Crippen molar-refractivity contribution in [3.63, 3.8) is 0 Å². The summed E-state index contributed by atoms with van der Waals surface area (Å²) in [6.07, 6.45) is 3.93. The van der Waals surface area contributed by atoms with Crippen molar-refractivity contribution < 1.29 is 9.53 Å². The third-order valence-corrected chi connectivity index (χ3v) is 6.08. The highest BCUT2D eigenvalue weighted by atomic mass is 79.9. The Morgan fingerprint density at radius 3 is 2.62 bits per heavy atom. The minimum atomic E-state index is -0.241. The van der Waals surface area contributed by atoms with Crippen LogP contribution in [0.4, 0.5) is 4.79 Å². The summed E-state index contributed by atoms with van der Waals surface area (Å²) in [6.45, 7) is 2.29. The molecule has 1 aliphatic carbocycles. The number of carbonyl (C=O) groups is 1. The Morgan fingerprint density at radius 2 is 2.04 bits per heavy atom. The molecule has 1 heterocycles. The number of guanidine groups is 1. The largest absolute Gasteiger partial charge is 0.453 e. The topological polar surface area (TPSA) is 66.0 Å². The average Bonchev–Trinajstić information content (AvgIpc) is 3.46. The zero-order valence-corrected chi connectivity index (χ0v) is 17.0. The molecule has 0 bridgehead atoms. The molecule has 26 heavy (non-hydrogen) atoms. The number of aliphatic imine (C=N–C) groups is 1. The maximum absolute atomic E-state index is 11.6. The summed E-state index contributed by atoms with van der Waals surface area (Å²) in [5.74, 6) is 0.833. The van der Waals surface area contributed by atoms with E-state index in [9.17, 15) is 4.79 Å². The number of rotatable bonds is 4. The Kier molecular flexibility index (Phi) is 6.06. The number of benzene rings is 1. The van der Waals surface area contributed by atoms with Crippen LogP contribution in [0.3, 0.4) is 0 Å². The SMILES string of the molecule is CN=C(NCC1(c2ccccc2Br)CC1)NC1CCN(C(=O)OC)CC1. The molecule has 1 amide bonds. The molecule has 0 radical (unpaired) electrons. The highest BCUT2D eigenvalue weighted by molar-refractivity contribution is 9.10. The van der Waals surface area contributed by atoms with Crippen molar-refractivity contribution in [1.29, 1.82) is 0 Å². The molecule has 7 heteroatoms. The predicted octanol–water partition coefficient (Wildman–Crippen LogP) is 2.88. The van der Waals surface area contributed by atoms with E-state index >= 15 is 0 Å². The number of hydrogen-bond donors (Lipinski definition) is 2. The van der Waals surface area contributed by atoms with Gasteiger partial charge < -0.3 is 20.3 Å². The van der Waals surface area contributed by atoms with Crippen LogP contribution in [0, 0.1) is 0 Å². The molecule has 0 aromatic heterocycles. The van der Waals surface area contributed by atoms with Crippen LogP contribution in [0.15, 0.2) is 33.7 Å². The van der Waals surface area contributed by atoms with Gasteiger partial charge in [0.15, 0.2) is 5.96 Å². The lowest BCUT2D eigenvalue weighted by molar-refractivity contribution is 0.111. The molecule has 6 nitrogen and oxygen atoms in total. The van der Waals surface area contributed by atoms with Crippen molar-refractivity contribution in [2.75, 3.05) is 33.8 Å². The summed E-state index contributed by atoms with van der Waals surface area (Å²) < 4.78 is 5.97. The summed E-state index contributed by atoms with van der Waals surface area (Å²) >= 11 is 3.68. The molecule has 2 fully saturated rings. The highest BCUT2D eigenvalue weighted by Gasteiger charge is 2.45. The minimum absolute atomic E-state index is 0.200. The first-order valence-electron chi connectivity index (χ1n) is 9.13. The van der Waals surface area contributed by atoms with Crippen molar-refractivity contribution in [2.45, 2.75) is 37.1 Å². The summed E-state index contributed by atoms with van der Waals surface area (Å²) in [5, 5.41) is 7.00. The van der Waals surface area contributed by atoms with Crippen molar-refractivity contribution in [3.8, 4) is 0 Å². The predicted molar refractivity (Wildman–Crippen MR) is 107 cm³/mol. The van der Waals surface area contributed by atoms with Gasteiger partial charge in [0.25, 0.3) is 0 Å². The molecule has 1 saturated carbocycles. The van der Waals surface area contributed by atoms with Gasteiger partial charge in [0.1, 0.15) is 0 Å². The number of nitrogens with zero attached hydrogens (tertiary/aromatic N) is 2. The first-order chi connectivity index (χ1) is 12.6. The molecule has 1 aromatic carbocycles. The number of hydrogen-bond acceptors (Lipinski definition) is 3. The Morgan fingerprint density at radius 1 is 1.35 bits per heavy atom. The summed E-state index contributed by atoms with van der Waals surface area (Å²) in [7, 11) is 3.23. The first kappa shape index (κ1) is 19.0. The maximum atomic E-state index is 11.6. The second-order valence-electron chi connectivity index (χ2n) is 7.06. The molecule has 1 saturated heterocycles. The van der Waals surface area contributed by atoms with Gasteiger partial charge in [-0.2, -0.15) is 0 Å². The van der Waals surface area contributed by atoms with E-state index in [2.05, 4.69) is 55.8 Å². The average molecular weight is 423 g/mol. The van der Waals surface area contributed by atoms with Gasteiger partial charge in [-0.1, -0.05) is 34.1 Å². The third kappa shape index (κ3) is 4.31. The number of carbonyl (C=O) groups excluding carboxylic acids is 1. The quantitative estimate of drug-likeness (QED) is 0.578. The third-order valence-electron chi connectivity index (χ3n) is 5.39. The smallest absolute Gasteiger partial charge is 0.409 e. The van der Waals surface area contributed by atoms with E-state index < -0.39 is 0 Å². The van der Waals surface area contributed by atoms with E-state index in [4.69, 9.17) is 4.74 Å². The molecule has 142 valence electrons. The van der Waals surface area contributed by atoms with Gasteiger partial charge in [0.2, 0.25) is 0 Å². The van der Waals surface area contributed by atoms with Gasteiger partial charge in [-0.05, 0) is 37.3 Å². The van der Waals surface area contributed by atoms with Gasteiger partial charge in [-0.25, -0.2) is 4.79 Å².